The van der Waals surface area contributed by atoms with Crippen molar-refractivity contribution >= 4 is 16.1 Å². The summed E-state index contributed by atoms with van der Waals surface area (Å²) in [5, 5.41) is 0. The van der Waals surface area contributed by atoms with Crippen molar-refractivity contribution in [2.75, 3.05) is 5.75 Å². The Balaban J connectivity index is 1.61. The van der Waals surface area contributed by atoms with Gasteiger partial charge >= 0.3 is 12.1 Å². The highest BCUT2D eigenvalue weighted by molar-refractivity contribution is 7.85. The molecule has 3 saturated carbocycles. The number of hydrogen-bond donors (Lipinski definition) is 1. The molecule has 0 aromatic heterocycles. The zero-order chi connectivity index (χ0) is 18.4. The van der Waals surface area contributed by atoms with Gasteiger partial charge in [-0.2, -0.15) is 21.6 Å². The van der Waals surface area contributed by atoms with Crippen LogP contribution < -0.4 is 0 Å². The number of hydrogen-bond acceptors (Lipinski definition) is 4. The fraction of sp³-hybridized carbons (Fsp3) is 0.938. The molecule has 1 N–H and O–H groups in total. The molecule has 144 valence electrons. The van der Waals surface area contributed by atoms with Crippen molar-refractivity contribution in [1.29, 1.82) is 0 Å². The highest BCUT2D eigenvalue weighted by Crippen LogP contribution is 2.55. The summed E-state index contributed by atoms with van der Waals surface area (Å²) in [5.41, 5.74) is 0. The lowest BCUT2D eigenvalue weighted by molar-refractivity contribution is -0.216. The highest BCUT2D eigenvalue weighted by atomic mass is 32.2. The monoisotopic (exact) mass is 384 g/mol. The Kier molecular flexibility index (Phi) is 5.09. The van der Waals surface area contributed by atoms with Gasteiger partial charge in [0.15, 0.2) is 0 Å². The van der Waals surface area contributed by atoms with Gasteiger partial charge in [-0.15, -0.1) is 0 Å². The first-order valence-electron chi connectivity index (χ1n) is 8.72. The second-order valence-corrected chi connectivity index (χ2v) is 9.40. The van der Waals surface area contributed by atoms with E-state index in [4.69, 9.17) is 4.55 Å². The third kappa shape index (κ3) is 4.67. The van der Waals surface area contributed by atoms with Crippen LogP contribution in [0.5, 0.6) is 0 Å². The Hall–Kier alpha value is -0.830. The van der Waals surface area contributed by atoms with Crippen molar-refractivity contribution in [3.8, 4) is 0 Å². The van der Waals surface area contributed by atoms with E-state index in [-0.39, 0.29) is 12.3 Å². The van der Waals surface area contributed by atoms with Crippen molar-refractivity contribution in [3.05, 3.63) is 0 Å². The standard InChI is InChI=1S/C16H23F3O5S/c17-16(18,19)14(8-25(21,22)23)24-15(20)7-13-5-10-2-1-9-3-11(10)6-12(13)4-9/h9-14H,1-8H2,(H,21,22,23). The van der Waals surface area contributed by atoms with Crippen LogP contribution in [0.2, 0.25) is 0 Å². The number of carbonyl (C=O) groups excluding carboxylic acids is 1. The number of halogens is 3. The average Bonchev–Trinajstić information content (AvgIpc) is 2.44. The number of carbonyl (C=O) groups is 1. The summed E-state index contributed by atoms with van der Waals surface area (Å²) in [7, 11) is -4.90. The number of rotatable bonds is 5. The van der Waals surface area contributed by atoms with Gasteiger partial charge in [-0.25, -0.2) is 0 Å². The minimum Gasteiger partial charge on any atom is -0.451 e. The van der Waals surface area contributed by atoms with Gasteiger partial charge in [0.05, 0.1) is 0 Å². The van der Waals surface area contributed by atoms with E-state index in [9.17, 15) is 26.4 Å². The molecule has 0 aliphatic heterocycles. The fourth-order valence-electron chi connectivity index (χ4n) is 5.17. The number of alkyl halides is 3. The van der Waals surface area contributed by atoms with Crippen LogP contribution in [0.25, 0.3) is 0 Å². The van der Waals surface area contributed by atoms with Crippen molar-refractivity contribution in [2.24, 2.45) is 29.6 Å². The molecule has 3 aliphatic carbocycles. The van der Waals surface area contributed by atoms with E-state index >= 15 is 0 Å². The maximum absolute atomic E-state index is 12.9. The minimum absolute atomic E-state index is 0.0106. The van der Waals surface area contributed by atoms with Crippen LogP contribution in [0, 0.1) is 29.6 Å². The molecule has 6 atom stereocenters. The summed E-state index contributed by atoms with van der Waals surface area (Å²) in [6, 6.07) is 0. The lowest BCUT2D eigenvalue weighted by Gasteiger charge is -2.51. The Labute approximate surface area is 145 Å². The summed E-state index contributed by atoms with van der Waals surface area (Å²) in [5.74, 6) is -0.440. The molecule has 3 aliphatic rings. The summed E-state index contributed by atoms with van der Waals surface area (Å²) in [4.78, 5) is 12.0. The van der Waals surface area contributed by atoms with E-state index in [2.05, 4.69) is 4.74 Å². The quantitative estimate of drug-likeness (QED) is 0.582. The first kappa shape index (κ1) is 18.9. The molecule has 0 radical (unpaired) electrons. The first-order valence-corrected chi connectivity index (χ1v) is 10.3. The van der Waals surface area contributed by atoms with Gasteiger partial charge in [-0.05, 0) is 61.7 Å². The molecule has 0 aromatic carbocycles. The molecule has 25 heavy (non-hydrogen) atoms. The third-order valence-corrected chi connectivity index (χ3v) is 6.92. The molecule has 3 fully saturated rings. The van der Waals surface area contributed by atoms with E-state index in [1.807, 2.05) is 0 Å². The molecular formula is C16H23F3O5S. The Morgan fingerprint density at radius 3 is 2.40 bits per heavy atom. The van der Waals surface area contributed by atoms with Gasteiger partial charge in [-0.1, -0.05) is 6.42 Å². The number of fused-ring (bicyclic) bond motifs is 2. The lowest BCUT2D eigenvalue weighted by atomic mass is 9.54. The molecule has 0 spiro atoms. The second-order valence-electron chi connectivity index (χ2n) is 7.90. The van der Waals surface area contributed by atoms with E-state index in [0.29, 0.717) is 23.7 Å². The number of esters is 1. The van der Waals surface area contributed by atoms with E-state index in [1.165, 1.54) is 12.8 Å². The molecule has 3 bridgehead atoms. The van der Waals surface area contributed by atoms with Gasteiger partial charge in [0.2, 0.25) is 6.10 Å². The van der Waals surface area contributed by atoms with E-state index in [0.717, 1.165) is 25.7 Å². The molecule has 5 nitrogen and oxygen atoms in total. The summed E-state index contributed by atoms with van der Waals surface area (Å²) in [6.07, 6.45) is -1.50. The Bertz CT molecular complexity index is 616. The van der Waals surface area contributed by atoms with Crippen molar-refractivity contribution in [1.82, 2.24) is 0 Å². The molecule has 0 amide bonds. The van der Waals surface area contributed by atoms with Crippen molar-refractivity contribution < 1.29 is 35.7 Å². The molecular weight excluding hydrogens is 361 g/mol. The van der Waals surface area contributed by atoms with Gasteiger partial charge in [-0.3, -0.25) is 9.35 Å². The third-order valence-electron chi connectivity index (χ3n) is 6.19. The van der Waals surface area contributed by atoms with E-state index in [1.54, 1.807) is 0 Å². The second kappa shape index (κ2) is 6.72. The molecule has 0 heterocycles. The molecule has 0 saturated heterocycles. The molecule has 0 aromatic rings. The van der Waals surface area contributed by atoms with Crippen LogP contribution >= 0.6 is 0 Å². The fourth-order valence-corrected chi connectivity index (χ4v) is 5.81. The predicted molar refractivity (Wildman–Crippen MR) is 82.1 cm³/mol. The lowest BCUT2D eigenvalue weighted by Crippen LogP contribution is -2.43. The maximum Gasteiger partial charge on any atom is 0.426 e. The summed E-state index contributed by atoms with van der Waals surface area (Å²) >= 11 is 0. The SMILES string of the molecule is O=C(CC1CC2CCC3CC2CC1C3)OC(CS(=O)(=O)O)C(F)(F)F. The number of ether oxygens (including phenoxy) is 1. The molecule has 9 heteroatoms. The summed E-state index contributed by atoms with van der Waals surface area (Å²) < 4.78 is 73.2. The molecule has 6 unspecified atom stereocenters. The topological polar surface area (TPSA) is 80.7 Å². The van der Waals surface area contributed by atoms with Crippen LogP contribution in [0.15, 0.2) is 0 Å². The van der Waals surface area contributed by atoms with Crippen molar-refractivity contribution in [3.63, 3.8) is 0 Å². The van der Waals surface area contributed by atoms with Crippen LogP contribution in [0.3, 0.4) is 0 Å². The van der Waals surface area contributed by atoms with Crippen LogP contribution in [0.1, 0.15) is 44.9 Å². The highest BCUT2D eigenvalue weighted by Gasteiger charge is 2.48. The summed E-state index contributed by atoms with van der Waals surface area (Å²) in [6.45, 7) is 0. The van der Waals surface area contributed by atoms with Crippen LogP contribution in [-0.4, -0.2) is 37.0 Å². The van der Waals surface area contributed by atoms with Crippen LogP contribution in [-0.2, 0) is 19.6 Å². The molecule has 3 rings (SSSR count). The van der Waals surface area contributed by atoms with Crippen molar-refractivity contribution in [2.45, 2.75) is 57.2 Å². The predicted octanol–water partition coefficient (Wildman–Crippen LogP) is 3.20. The minimum atomic E-state index is -5.03. The first-order chi connectivity index (χ1) is 11.5. The van der Waals surface area contributed by atoms with Gasteiger partial charge in [0, 0.05) is 6.42 Å². The normalized spacial score (nSPS) is 36.1. The Morgan fingerprint density at radius 2 is 1.76 bits per heavy atom. The zero-order valence-electron chi connectivity index (χ0n) is 13.7. The average molecular weight is 384 g/mol. The zero-order valence-corrected chi connectivity index (χ0v) is 14.6. The van der Waals surface area contributed by atoms with Gasteiger partial charge < -0.3 is 4.74 Å². The maximum atomic E-state index is 12.9. The van der Waals surface area contributed by atoms with Crippen LogP contribution in [0.4, 0.5) is 13.2 Å². The van der Waals surface area contributed by atoms with E-state index < -0.39 is 34.1 Å². The smallest absolute Gasteiger partial charge is 0.426 e. The largest absolute Gasteiger partial charge is 0.451 e. The Morgan fingerprint density at radius 1 is 1.08 bits per heavy atom. The van der Waals surface area contributed by atoms with Gasteiger partial charge in [0.25, 0.3) is 10.1 Å². The van der Waals surface area contributed by atoms with Gasteiger partial charge in [0.1, 0.15) is 5.75 Å².